The minimum Gasteiger partial charge on any atom is -0.488 e. The Balaban J connectivity index is 1.51. The first kappa shape index (κ1) is 15.1. The second kappa shape index (κ2) is 5.26. The number of fused-ring (bicyclic) bond motifs is 3. The van der Waals surface area contributed by atoms with Crippen molar-refractivity contribution >= 4 is 23.3 Å². The maximum absolute atomic E-state index is 12.3. The summed E-state index contributed by atoms with van der Waals surface area (Å²) in [5.41, 5.74) is 0.0994. The van der Waals surface area contributed by atoms with Crippen molar-refractivity contribution in [3.05, 3.63) is 17.3 Å². The van der Waals surface area contributed by atoms with Gasteiger partial charge in [-0.2, -0.15) is 0 Å². The lowest BCUT2D eigenvalue weighted by molar-refractivity contribution is -0.130. The largest absolute Gasteiger partial charge is 0.488 e. The molecular weight excluding hydrogens is 314 g/mol. The van der Waals surface area contributed by atoms with Crippen molar-refractivity contribution in [1.82, 2.24) is 9.88 Å². The Bertz CT molecular complexity index is 649. The molecule has 3 aliphatic rings. The van der Waals surface area contributed by atoms with E-state index in [4.69, 9.17) is 16.3 Å². The number of hydrogen-bond donors (Lipinski definition) is 0. The highest BCUT2D eigenvalue weighted by molar-refractivity contribution is 6.30. The van der Waals surface area contributed by atoms with Crippen LogP contribution in [-0.2, 0) is 4.79 Å². The molecule has 1 aromatic rings. The van der Waals surface area contributed by atoms with Crippen molar-refractivity contribution < 1.29 is 9.53 Å². The fraction of sp³-hybridized carbons (Fsp3) is 0.647. The molecule has 5 nitrogen and oxygen atoms in total. The van der Waals surface area contributed by atoms with Crippen LogP contribution in [0.2, 0.25) is 5.02 Å². The minimum absolute atomic E-state index is 0.0994. The summed E-state index contributed by atoms with van der Waals surface area (Å²) in [7, 11) is 0. The number of carbonyl (C=O) groups excluding carboxylic acids is 1. The maximum Gasteiger partial charge on any atom is 0.223 e. The summed E-state index contributed by atoms with van der Waals surface area (Å²) in [4.78, 5) is 21.2. The predicted octanol–water partition coefficient (Wildman–Crippen LogP) is 2.72. The van der Waals surface area contributed by atoms with Crippen molar-refractivity contribution in [3.63, 3.8) is 0 Å². The molecule has 0 N–H and O–H groups in total. The Hall–Kier alpha value is -1.49. The van der Waals surface area contributed by atoms with E-state index in [9.17, 15) is 4.79 Å². The number of piperidine rings is 1. The Morgan fingerprint density at radius 3 is 2.91 bits per heavy atom. The summed E-state index contributed by atoms with van der Waals surface area (Å²) in [6.45, 7) is 6.76. The number of pyridine rings is 1. The van der Waals surface area contributed by atoms with Crippen LogP contribution in [0.1, 0.15) is 33.1 Å². The van der Waals surface area contributed by atoms with E-state index in [2.05, 4.69) is 28.6 Å². The van der Waals surface area contributed by atoms with Crippen LogP contribution < -0.4 is 9.64 Å². The fourth-order valence-corrected chi connectivity index (χ4v) is 4.27. The highest BCUT2D eigenvalue weighted by Gasteiger charge is 2.43. The average molecular weight is 336 g/mol. The molecule has 4 heterocycles. The van der Waals surface area contributed by atoms with Crippen LogP contribution in [0.4, 0.5) is 5.82 Å². The van der Waals surface area contributed by atoms with E-state index in [-0.39, 0.29) is 11.5 Å². The van der Waals surface area contributed by atoms with E-state index >= 15 is 0 Å². The zero-order valence-corrected chi connectivity index (χ0v) is 14.3. The molecule has 1 aromatic heterocycles. The van der Waals surface area contributed by atoms with Crippen molar-refractivity contribution in [2.75, 3.05) is 24.6 Å². The summed E-state index contributed by atoms with van der Waals surface area (Å²) in [6, 6.07) is 2.44. The number of likely N-dealkylation sites (tertiary alicyclic amines) is 1. The molecule has 1 amide bonds. The lowest BCUT2D eigenvalue weighted by Crippen LogP contribution is -2.54. The number of aromatic nitrogens is 1. The molecule has 2 fully saturated rings. The highest BCUT2D eigenvalue weighted by atomic mass is 35.5. The quantitative estimate of drug-likeness (QED) is 0.791. The zero-order valence-electron chi connectivity index (χ0n) is 13.6. The van der Waals surface area contributed by atoms with Gasteiger partial charge in [-0.1, -0.05) is 25.4 Å². The van der Waals surface area contributed by atoms with E-state index in [0.717, 1.165) is 37.5 Å². The number of amides is 1. The van der Waals surface area contributed by atoms with Crippen molar-refractivity contribution in [1.29, 1.82) is 0 Å². The van der Waals surface area contributed by atoms with Crippen LogP contribution >= 0.6 is 11.6 Å². The highest BCUT2D eigenvalue weighted by Crippen LogP contribution is 2.39. The molecule has 2 unspecified atom stereocenters. The first-order chi connectivity index (χ1) is 10.9. The second-order valence-electron chi connectivity index (χ2n) is 7.67. The smallest absolute Gasteiger partial charge is 0.223 e. The average Bonchev–Trinajstić information content (AvgIpc) is 2.79. The third kappa shape index (κ3) is 2.65. The standard InChI is InChI=1S/C17H22ClN3O2/c1-17(2)7-15(22)21(10-17)12-3-4-20-13(6-12)9-23-14-5-11(18)8-19-16(14)20/h5,8,12-13H,3-4,6-7,9-10H2,1-2H3. The number of ether oxygens (including phenoxy) is 1. The minimum atomic E-state index is 0.0994. The van der Waals surface area contributed by atoms with Crippen LogP contribution in [-0.4, -0.2) is 47.6 Å². The summed E-state index contributed by atoms with van der Waals surface area (Å²) >= 11 is 6.00. The number of rotatable bonds is 1. The SMILES string of the molecule is CC1(C)CC(=O)N(C2CCN3c4ncc(Cl)cc4OCC3C2)C1. The molecule has 3 aliphatic heterocycles. The number of carbonyl (C=O) groups is 1. The van der Waals surface area contributed by atoms with Crippen molar-refractivity contribution in [2.24, 2.45) is 5.41 Å². The topological polar surface area (TPSA) is 45.7 Å². The first-order valence-electron chi connectivity index (χ1n) is 8.27. The molecule has 6 heteroatoms. The molecule has 2 atom stereocenters. The monoisotopic (exact) mass is 335 g/mol. The molecule has 124 valence electrons. The van der Waals surface area contributed by atoms with Crippen LogP contribution in [0.25, 0.3) is 0 Å². The van der Waals surface area contributed by atoms with Crippen LogP contribution in [0.3, 0.4) is 0 Å². The molecule has 0 bridgehead atoms. The fourth-order valence-electron chi connectivity index (χ4n) is 4.12. The summed E-state index contributed by atoms with van der Waals surface area (Å²) in [6.07, 6.45) is 4.27. The normalized spacial score (nSPS) is 29.1. The van der Waals surface area contributed by atoms with E-state index < -0.39 is 0 Å². The Morgan fingerprint density at radius 1 is 1.35 bits per heavy atom. The summed E-state index contributed by atoms with van der Waals surface area (Å²) in [5.74, 6) is 1.96. The van der Waals surface area contributed by atoms with Crippen LogP contribution in [0.15, 0.2) is 12.3 Å². The van der Waals surface area contributed by atoms with E-state index in [1.54, 1.807) is 6.20 Å². The third-order valence-electron chi connectivity index (χ3n) is 5.18. The molecule has 0 aliphatic carbocycles. The van der Waals surface area contributed by atoms with E-state index in [0.29, 0.717) is 30.0 Å². The van der Waals surface area contributed by atoms with Gasteiger partial charge in [0, 0.05) is 37.8 Å². The molecule has 2 saturated heterocycles. The number of halogens is 1. The van der Waals surface area contributed by atoms with Crippen LogP contribution in [0, 0.1) is 5.41 Å². The van der Waals surface area contributed by atoms with Gasteiger partial charge < -0.3 is 14.5 Å². The Morgan fingerprint density at radius 2 is 2.17 bits per heavy atom. The molecule has 0 spiro atoms. The van der Waals surface area contributed by atoms with E-state index in [1.807, 2.05) is 6.07 Å². The number of anilines is 1. The van der Waals surface area contributed by atoms with Gasteiger partial charge in [-0.05, 0) is 18.3 Å². The first-order valence-corrected chi connectivity index (χ1v) is 8.65. The van der Waals surface area contributed by atoms with Gasteiger partial charge in [-0.15, -0.1) is 0 Å². The zero-order chi connectivity index (χ0) is 16.2. The Labute approximate surface area is 141 Å². The van der Waals surface area contributed by atoms with Gasteiger partial charge in [0.05, 0.1) is 11.1 Å². The molecule has 4 rings (SSSR count). The lowest BCUT2D eigenvalue weighted by atomic mass is 9.92. The van der Waals surface area contributed by atoms with Gasteiger partial charge in [-0.3, -0.25) is 4.79 Å². The molecule has 23 heavy (non-hydrogen) atoms. The third-order valence-corrected chi connectivity index (χ3v) is 5.39. The molecule has 0 saturated carbocycles. The Kier molecular flexibility index (Phi) is 3.45. The van der Waals surface area contributed by atoms with E-state index in [1.165, 1.54) is 0 Å². The predicted molar refractivity (Wildman–Crippen MR) is 89.0 cm³/mol. The van der Waals surface area contributed by atoms with Gasteiger partial charge in [0.25, 0.3) is 0 Å². The van der Waals surface area contributed by atoms with Crippen LogP contribution in [0.5, 0.6) is 5.75 Å². The molecule has 0 radical (unpaired) electrons. The summed E-state index contributed by atoms with van der Waals surface area (Å²) < 4.78 is 5.86. The van der Waals surface area contributed by atoms with Crippen molar-refractivity contribution in [3.8, 4) is 5.75 Å². The lowest BCUT2D eigenvalue weighted by Gasteiger charge is -2.45. The van der Waals surface area contributed by atoms with Gasteiger partial charge in [0.1, 0.15) is 6.61 Å². The number of nitrogens with zero attached hydrogens (tertiary/aromatic N) is 3. The van der Waals surface area contributed by atoms with Gasteiger partial charge in [0.2, 0.25) is 5.91 Å². The maximum atomic E-state index is 12.3. The van der Waals surface area contributed by atoms with Crippen molar-refractivity contribution in [2.45, 2.75) is 45.2 Å². The van der Waals surface area contributed by atoms with Gasteiger partial charge >= 0.3 is 0 Å². The van der Waals surface area contributed by atoms with Gasteiger partial charge in [0.15, 0.2) is 11.6 Å². The molecule has 0 aromatic carbocycles. The second-order valence-corrected chi connectivity index (χ2v) is 8.11. The molecular formula is C17H22ClN3O2. The number of hydrogen-bond acceptors (Lipinski definition) is 4. The van der Waals surface area contributed by atoms with Gasteiger partial charge in [-0.25, -0.2) is 4.98 Å². The summed E-state index contributed by atoms with van der Waals surface area (Å²) in [5, 5.41) is 0.599.